The van der Waals surface area contributed by atoms with E-state index in [9.17, 15) is 0 Å². The van der Waals surface area contributed by atoms with Crippen molar-refractivity contribution in [1.82, 2.24) is 29.5 Å². The molecule has 7 rings (SSSR count). The number of nitrogens with one attached hydrogen (secondary N) is 4. The van der Waals surface area contributed by atoms with Crippen LogP contribution in [0, 0.1) is 73.0 Å². The SMILES string of the molecule is C/C(C#N)=C\c1cc(C)c(Nc2nc(Nc3ccc(C#N)cc3)ncc2N)c(C)c1.S=C(Cl)Cl.[C-]#[N+]/C=C/c1cc(C)c(-n2c(=S)[nH]c3cnc(Nc4ccc(C#N)cc4)nc32)c(C)c1. The molecule has 0 bridgehead atoms. The van der Waals surface area contributed by atoms with Crippen LogP contribution in [0.4, 0.5) is 40.5 Å². The number of nitrogens with zero attached hydrogens (tertiary/aromatic N) is 9. The van der Waals surface area contributed by atoms with Gasteiger partial charge in [0.25, 0.3) is 0 Å². The zero-order chi connectivity index (χ0) is 47.2. The van der Waals surface area contributed by atoms with Crippen LogP contribution in [-0.4, -0.2) is 33.3 Å². The maximum atomic E-state index is 8.99. The number of aromatic nitrogens is 6. The van der Waals surface area contributed by atoms with Crippen molar-refractivity contribution < 1.29 is 0 Å². The molecule has 0 radical (unpaired) electrons. The van der Waals surface area contributed by atoms with E-state index >= 15 is 0 Å². The van der Waals surface area contributed by atoms with Gasteiger partial charge in [0, 0.05) is 22.6 Å². The summed E-state index contributed by atoms with van der Waals surface area (Å²) in [5.41, 5.74) is 19.1. The number of aromatic amines is 1. The maximum absolute atomic E-state index is 8.99. The Hall–Kier alpha value is -7.96. The van der Waals surface area contributed by atoms with Crippen LogP contribution < -0.4 is 21.7 Å². The van der Waals surface area contributed by atoms with Crippen LogP contribution >= 0.6 is 47.6 Å². The molecule has 3 heterocycles. The molecule has 0 aliphatic heterocycles. The normalized spacial score (nSPS) is 10.5. The monoisotopic (exact) mass is 932 g/mol. The number of halogens is 2. The average Bonchev–Trinajstić information content (AvgIpc) is 3.59. The van der Waals surface area contributed by atoms with Crippen molar-refractivity contribution in [1.29, 1.82) is 15.8 Å². The molecule has 0 aliphatic rings. The van der Waals surface area contributed by atoms with E-state index < -0.39 is 0 Å². The predicted molar refractivity (Wildman–Crippen MR) is 267 cm³/mol. The van der Waals surface area contributed by atoms with Gasteiger partial charge in [-0.2, -0.15) is 25.8 Å². The van der Waals surface area contributed by atoms with Crippen molar-refractivity contribution in [3.8, 4) is 23.9 Å². The first-order chi connectivity index (χ1) is 31.1. The summed E-state index contributed by atoms with van der Waals surface area (Å²) in [7, 11) is 0. The molecule has 0 saturated heterocycles. The van der Waals surface area contributed by atoms with Crippen molar-refractivity contribution in [2.75, 3.05) is 21.7 Å². The van der Waals surface area contributed by atoms with Crippen molar-refractivity contribution in [3.05, 3.63) is 158 Å². The van der Waals surface area contributed by atoms with E-state index in [1.165, 1.54) is 6.20 Å². The summed E-state index contributed by atoms with van der Waals surface area (Å²) in [6.07, 6.45) is 8.31. The van der Waals surface area contributed by atoms with Crippen LogP contribution in [0.15, 0.2) is 97.0 Å². The van der Waals surface area contributed by atoms with Crippen LogP contribution in [0.3, 0.4) is 0 Å². The average molecular weight is 934 g/mol. The molecular formula is C47H38Cl2N14S2. The minimum absolute atomic E-state index is 0.0556. The minimum Gasteiger partial charge on any atom is -0.394 e. The summed E-state index contributed by atoms with van der Waals surface area (Å²) in [4.78, 5) is 24.2. The lowest BCUT2D eigenvalue weighted by atomic mass is 10.0. The van der Waals surface area contributed by atoms with E-state index in [-0.39, 0.29) is 3.78 Å². The number of fused-ring (bicyclic) bond motifs is 1. The van der Waals surface area contributed by atoms with Gasteiger partial charge in [-0.3, -0.25) is 4.57 Å². The van der Waals surface area contributed by atoms with E-state index in [0.717, 1.165) is 61.6 Å². The van der Waals surface area contributed by atoms with Crippen LogP contribution in [0.25, 0.3) is 33.8 Å². The number of rotatable bonds is 9. The molecule has 65 heavy (non-hydrogen) atoms. The number of nitrogen functional groups attached to an aromatic ring is 1. The molecule has 0 fully saturated rings. The Kier molecular flexibility index (Phi) is 16.6. The number of anilines is 7. The summed E-state index contributed by atoms with van der Waals surface area (Å²) in [6, 6.07) is 28.4. The van der Waals surface area contributed by atoms with Gasteiger partial charge in [-0.25, -0.2) is 14.8 Å². The van der Waals surface area contributed by atoms with Gasteiger partial charge >= 0.3 is 0 Å². The number of aryl methyl sites for hydroxylation is 4. The zero-order valence-electron chi connectivity index (χ0n) is 35.5. The van der Waals surface area contributed by atoms with Crippen molar-refractivity contribution >= 4 is 115 Å². The Bertz CT molecular complexity index is 3150. The number of hydrogen-bond donors (Lipinski definition) is 5. The molecular weight excluding hydrogens is 896 g/mol. The molecule has 3 aromatic heterocycles. The van der Waals surface area contributed by atoms with Gasteiger partial charge in [0.1, 0.15) is 5.52 Å². The van der Waals surface area contributed by atoms with E-state index in [2.05, 4.69) is 76.1 Å². The minimum atomic E-state index is -0.0556. The van der Waals surface area contributed by atoms with E-state index in [0.29, 0.717) is 50.5 Å². The molecule has 0 aliphatic carbocycles. The number of imidazole rings is 1. The maximum Gasteiger partial charge on any atom is 0.229 e. The van der Waals surface area contributed by atoms with Gasteiger partial charge in [-0.1, -0.05) is 53.6 Å². The highest BCUT2D eigenvalue weighted by molar-refractivity contribution is 7.86. The number of allylic oxidation sites excluding steroid dienone is 1. The third-order valence-electron chi connectivity index (χ3n) is 9.22. The molecule has 0 spiro atoms. The Labute approximate surface area is 396 Å². The lowest BCUT2D eigenvalue weighted by Gasteiger charge is -2.15. The van der Waals surface area contributed by atoms with Crippen molar-refractivity contribution in [2.45, 2.75) is 34.6 Å². The Morgan fingerprint density at radius 1 is 0.800 bits per heavy atom. The fraction of sp³-hybridized carbons (Fsp3) is 0.106. The summed E-state index contributed by atoms with van der Waals surface area (Å²) in [5, 5.41) is 36.4. The molecule has 0 unspecified atom stereocenters. The summed E-state index contributed by atoms with van der Waals surface area (Å²) in [6.45, 7) is 16.7. The van der Waals surface area contributed by atoms with Crippen molar-refractivity contribution in [2.24, 2.45) is 0 Å². The second-order valence-electron chi connectivity index (χ2n) is 14.1. The quantitative estimate of drug-likeness (QED) is 0.0395. The number of thiocarbonyl (C=S) groups is 1. The Balaban J connectivity index is 0.000000226. The van der Waals surface area contributed by atoms with Gasteiger partial charge in [0.15, 0.2) is 26.2 Å². The Morgan fingerprint density at radius 2 is 1.31 bits per heavy atom. The molecule has 322 valence electrons. The molecule has 0 amide bonds. The second-order valence-corrected chi connectivity index (χ2v) is 16.3. The highest BCUT2D eigenvalue weighted by atomic mass is 35.5. The van der Waals surface area contributed by atoms with Crippen LogP contribution in [0.5, 0.6) is 0 Å². The third kappa shape index (κ3) is 13.0. The van der Waals surface area contributed by atoms with E-state index in [1.807, 2.05) is 62.6 Å². The van der Waals surface area contributed by atoms with E-state index in [1.54, 1.807) is 73.9 Å². The van der Waals surface area contributed by atoms with Gasteiger partial charge in [-0.15, -0.1) is 0 Å². The Morgan fingerprint density at radius 3 is 1.82 bits per heavy atom. The highest BCUT2D eigenvalue weighted by Gasteiger charge is 2.15. The lowest BCUT2D eigenvalue weighted by Crippen LogP contribution is -2.06. The number of benzene rings is 4. The summed E-state index contributed by atoms with van der Waals surface area (Å²) >= 11 is 19.2. The third-order valence-corrected chi connectivity index (χ3v) is 9.50. The first-order valence-corrected chi connectivity index (χ1v) is 20.8. The van der Waals surface area contributed by atoms with Gasteiger partial charge in [0.05, 0.1) is 59.7 Å². The van der Waals surface area contributed by atoms with Crippen LogP contribution in [-0.2, 0) is 0 Å². The largest absolute Gasteiger partial charge is 0.394 e. The molecule has 0 saturated carbocycles. The van der Waals surface area contributed by atoms with Gasteiger partial charge in [0.2, 0.25) is 11.9 Å². The summed E-state index contributed by atoms with van der Waals surface area (Å²) < 4.78 is 2.37. The first kappa shape index (κ1) is 48.1. The fourth-order valence-electron chi connectivity index (χ4n) is 6.47. The van der Waals surface area contributed by atoms with Gasteiger partial charge in [-0.05, 0) is 147 Å². The molecule has 6 N–H and O–H groups in total. The fourth-order valence-corrected chi connectivity index (χ4v) is 6.76. The summed E-state index contributed by atoms with van der Waals surface area (Å²) in [5.74, 6) is 1.30. The molecule has 4 aromatic carbocycles. The number of H-pyrrole nitrogens is 1. The first-order valence-electron chi connectivity index (χ1n) is 19.2. The number of hydrogen-bond acceptors (Lipinski definition) is 13. The second kappa shape index (κ2) is 22.4. The van der Waals surface area contributed by atoms with Crippen LogP contribution in [0.2, 0.25) is 0 Å². The molecule has 7 aromatic rings. The molecule has 18 heteroatoms. The molecule has 14 nitrogen and oxygen atoms in total. The predicted octanol–water partition coefficient (Wildman–Crippen LogP) is 12.3. The van der Waals surface area contributed by atoms with E-state index in [4.69, 9.17) is 63.5 Å². The van der Waals surface area contributed by atoms with Gasteiger partial charge < -0.3 is 26.7 Å². The standard InChI is InChI=1S/C23H17N7S.C23H21N7.CCl2S/c1-14-10-17(8-9-25-3)11-15(2)20(14)30-21-19(28-23(30)31)13-26-22(29-21)27-18-6-4-16(12-24)5-7-18;1-14(11-24)8-18-9-15(2)21(16(3)10-18)29-22-20(26)13-27-23(30-22)28-19-6-4-17(12-25)5-7-19;2-1(3)4/h4-11,13H,1-2H3,(H,28,31)(H,26,27,29);4-10,13H,26H2,1-3H3,(H2,27,28,29,30);/b9-8+;14-8+;. The smallest absolute Gasteiger partial charge is 0.229 e. The molecule has 0 atom stereocenters. The van der Waals surface area contributed by atoms with Crippen LogP contribution in [0.1, 0.15) is 51.4 Å². The highest BCUT2D eigenvalue weighted by Crippen LogP contribution is 2.30. The lowest BCUT2D eigenvalue weighted by molar-refractivity contribution is 1.01. The topological polar surface area (TPSA) is 210 Å². The number of nitriles is 3. The number of nitrogens with two attached hydrogens (primary N) is 1. The zero-order valence-corrected chi connectivity index (χ0v) is 38.6. The van der Waals surface area contributed by atoms with Crippen molar-refractivity contribution in [3.63, 3.8) is 0 Å².